The van der Waals surface area contributed by atoms with E-state index in [1.807, 2.05) is 20.8 Å². The molecule has 0 radical (unpaired) electrons. The van der Waals surface area contributed by atoms with Gasteiger partial charge < -0.3 is 5.32 Å². The van der Waals surface area contributed by atoms with E-state index >= 15 is 0 Å². The third kappa shape index (κ3) is 5.27. The number of rotatable bonds is 5. The Labute approximate surface area is 157 Å². The fourth-order valence-corrected chi connectivity index (χ4v) is 3.35. The molecule has 0 spiro atoms. The second-order valence-corrected chi connectivity index (χ2v) is 8.77. The summed E-state index contributed by atoms with van der Waals surface area (Å²) in [4.78, 5) is 22.3. The monoisotopic (exact) mass is 391 g/mol. The van der Waals surface area contributed by atoms with E-state index in [4.69, 9.17) is 0 Å². The van der Waals surface area contributed by atoms with Crippen LogP contribution in [0.2, 0.25) is 0 Å². The van der Waals surface area contributed by atoms with Crippen LogP contribution in [0.15, 0.2) is 47.4 Å². The molecular formula is C18H21N3O5S. The first-order valence-corrected chi connectivity index (χ1v) is 9.58. The number of sulfonamides is 1. The quantitative estimate of drug-likeness (QED) is 0.599. The van der Waals surface area contributed by atoms with E-state index < -0.39 is 20.5 Å². The van der Waals surface area contributed by atoms with Gasteiger partial charge in [0.2, 0.25) is 0 Å². The number of nitrogens with one attached hydrogen (secondary N) is 2. The molecule has 2 aromatic rings. The Hall–Kier alpha value is -2.94. The number of carbonyl (C=O) groups is 1. The Balaban J connectivity index is 2.22. The largest absolute Gasteiger partial charge is 0.347 e. The van der Waals surface area contributed by atoms with E-state index in [1.54, 1.807) is 0 Å². The number of aryl methyl sites for hydroxylation is 1. The summed E-state index contributed by atoms with van der Waals surface area (Å²) >= 11 is 0. The second kappa shape index (κ2) is 7.36. The minimum absolute atomic E-state index is 0.214. The molecule has 0 atom stereocenters. The summed E-state index contributed by atoms with van der Waals surface area (Å²) < 4.78 is 27.3. The highest BCUT2D eigenvalue weighted by Crippen LogP contribution is 2.24. The molecule has 0 unspecified atom stereocenters. The summed E-state index contributed by atoms with van der Waals surface area (Å²) in [5.41, 5.74) is 0.335. The van der Waals surface area contributed by atoms with E-state index in [2.05, 4.69) is 10.0 Å². The lowest BCUT2D eigenvalue weighted by Gasteiger charge is -2.20. The molecule has 0 aromatic heterocycles. The van der Waals surface area contributed by atoms with Crippen molar-refractivity contribution < 1.29 is 18.1 Å². The van der Waals surface area contributed by atoms with Gasteiger partial charge >= 0.3 is 0 Å². The van der Waals surface area contributed by atoms with Crippen molar-refractivity contribution in [2.24, 2.45) is 0 Å². The van der Waals surface area contributed by atoms with Gasteiger partial charge in [0, 0.05) is 28.4 Å². The average molecular weight is 391 g/mol. The molecule has 2 aromatic carbocycles. The minimum atomic E-state index is -4.00. The maximum absolute atomic E-state index is 12.5. The third-order valence-electron chi connectivity index (χ3n) is 3.58. The van der Waals surface area contributed by atoms with Crippen molar-refractivity contribution in [2.45, 2.75) is 38.1 Å². The number of hydrogen-bond donors (Lipinski definition) is 2. The average Bonchev–Trinajstić information content (AvgIpc) is 2.53. The van der Waals surface area contributed by atoms with Gasteiger partial charge in [0.1, 0.15) is 0 Å². The van der Waals surface area contributed by atoms with Gasteiger partial charge in [-0.1, -0.05) is 6.07 Å². The lowest BCUT2D eigenvalue weighted by atomic mass is 10.1. The van der Waals surface area contributed by atoms with Crippen molar-refractivity contribution in [3.8, 4) is 0 Å². The standard InChI is InChI=1S/C18H21N3O5S/c1-12-5-10-15(11-16(12)21(23)24)27(25,26)20-14-8-6-13(7-9-14)17(22)19-18(2,3)4/h5-11,20H,1-4H3,(H,19,22). The lowest BCUT2D eigenvalue weighted by Crippen LogP contribution is -2.40. The zero-order valence-electron chi connectivity index (χ0n) is 15.4. The van der Waals surface area contributed by atoms with Crippen molar-refractivity contribution in [1.29, 1.82) is 0 Å². The molecule has 0 aliphatic carbocycles. The molecule has 0 saturated carbocycles. The molecule has 0 fully saturated rings. The first kappa shape index (κ1) is 20.4. The molecule has 0 aliphatic rings. The van der Waals surface area contributed by atoms with Gasteiger partial charge in [-0.15, -0.1) is 0 Å². The number of nitro benzene ring substituents is 1. The number of nitrogens with zero attached hydrogens (tertiary/aromatic N) is 1. The second-order valence-electron chi connectivity index (χ2n) is 7.09. The van der Waals surface area contributed by atoms with Crippen LogP contribution in [0.5, 0.6) is 0 Å². The number of hydrogen-bond acceptors (Lipinski definition) is 5. The van der Waals surface area contributed by atoms with Crippen LogP contribution in [-0.4, -0.2) is 24.8 Å². The first-order chi connectivity index (χ1) is 12.4. The maximum Gasteiger partial charge on any atom is 0.273 e. The van der Waals surface area contributed by atoms with Gasteiger partial charge in [0.05, 0.1) is 9.82 Å². The van der Waals surface area contributed by atoms with Crippen LogP contribution >= 0.6 is 0 Å². The van der Waals surface area contributed by atoms with E-state index in [1.165, 1.54) is 43.3 Å². The van der Waals surface area contributed by atoms with Crippen molar-refractivity contribution in [3.05, 3.63) is 63.7 Å². The summed E-state index contributed by atoms with van der Waals surface area (Å²) in [6.07, 6.45) is 0. The Kier molecular flexibility index (Phi) is 5.55. The first-order valence-electron chi connectivity index (χ1n) is 8.09. The van der Waals surface area contributed by atoms with Gasteiger partial charge in [0.25, 0.3) is 21.6 Å². The Morgan fingerprint density at radius 2 is 1.67 bits per heavy atom. The summed E-state index contributed by atoms with van der Waals surface area (Å²) in [7, 11) is -4.00. The molecule has 1 amide bonds. The minimum Gasteiger partial charge on any atom is -0.347 e. The summed E-state index contributed by atoms with van der Waals surface area (Å²) in [6, 6.07) is 9.60. The molecule has 144 valence electrons. The molecule has 0 aliphatic heterocycles. The number of anilines is 1. The number of nitro groups is 1. The number of carbonyl (C=O) groups excluding carboxylic acids is 1. The van der Waals surface area contributed by atoms with E-state index in [9.17, 15) is 23.3 Å². The third-order valence-corrected chi connectivity index (χ3v) is 4.95. The van der Waals surface area contributed by atoms with Crippen molar-refractivity contribution in [1.82, 2.24) is 5.32 Å². The molecule has 27 heavy (non-hydrogen) atoms. The molecule has 9 heteroatoms. The van der Waals surface area contributed by atoms with Crippen molar-refractivity contribution in [3.63, 3.8) is 0 Å². The van der Waals surface area contributed by atoms with Crippen LogP contribution in [-0.2, 0) is 10.0 Å². The zero-order valence-corrected chi connectivity index (χ0v) is 16.3. The highest BCUT2D eigenvalue weighted by molar-refractivity contribution is 7.92. The molecular weight excluding hydrogens is 370 g/mol. The van der Waals surface area contributed by atoms with Crippen molar-refractivity contribution in [2.75, 3.05) is 4.72 Å². The molecule has 0 bridgehead atoms. The molecule has 0 heterocycles. The topological polar surface area (TPSA) is 118 Å². The van der Waals surface area contributed by atoms with E-state index in [0.717, 1.165) is 6.07 Å². The summed E-state index contributed by atoms with van der Waals surface area (Å²) in [5, 5.41) is 13.8. The fourth-order valence-electron chi connectivity index (χ4n) is 2.27. The smallest absolute Gasteiger partial charge is 0.273 e. The fraction of sp³-hybridized carbons (Fsp3) is 0.278. The van der Waals surface area contributed by atoms with Gasteiger partial charge in [-0.05, 0) is 58.0 Å². The molecule has 0 saturated heterocycles. The van der Waals surface area contributed by atoms with Gasteiger partial charge in [-0.25, -0.2) is 8.42 Å². The summed E-state index contributed by atoms with van der Waals surface area (Å²) in [6.45, 7) is 7.10. The molecule has 2 N–H and O–H groups in total. The lowest BCUT2D eigenvalue weighted by molar-refractivity contribution is -0.385. The van der Waals surface area contributed by atoms with Crippen molar-refractivity contribution >= 4 is 27.3 Å². The zero-order chi connectivity index (χ0) is 20.4. The van der Waals surface area contributed by atoms with Crippen LogP contribution in [0.1, 0.15) is 36.7 Å². The Morgan fingerprint density at radius 3 is 2.19 bits per heavy atom. The van der Waals surface area contributed by atoms with Gasteiger partial charge in [0.15, 0.2) is 0 Å². The van der Waals surface area contributed by atoms with E-state index in [-0.39, 0.29) is 22.2 Å². The highest BCUT2D eigenvalue weighted by Gasteiger charge is 2.20. The maximum atomic E-state index is 12.5. The highest BCUT2D eigenvalue weighted by atomic mass is 32.2. The van der Waals surface area contributed by atoms with Crippen LogP contribution in [0.4, 0.5) is 11.4 Å². The molecule has 8 nitrogen and oxygen atoms in total. The number of benzene rings is 2. The van der Waals surface area contributed by atoms with Crippen LogP contribution < -0.4 is 10.0 Å². The van der Waals surface area contributed by atoms with Gasteiger partial charge in [-0.3, -0.25) is 19.6 Å². The van der Waals surface area contributed by atoms with Crippen LogP contribution in [0, 0.1) is 17.0 Å². The molecule has 2 rings (SSSR count). The van der Waals surface area contributed by atoms with Crippen LogP contribution in [0.25, 0.3) is 0 Å². The predicted molar refractivity (Wildman–Crippen MR) is 102 cm³/mol. The Morgan fingerprint density at radius 1 is 1.07 bits per heavy atom. The Bertz CT molecular complexity index is 977. The summed E-state index contributed by atoms with van der Waals surface area (Å²) in [5.74, 6) is -0.272. The SMILES string of the molecule is Cc1ccc(S(=O)(=O)Nc2ccc(C(=O)NC(C)(C)C)cc2)cc1[N+](=O)[O-]. The van der Waals surface area contributed by atoms with Gasteiger partial charge in [-0.2, -0.15) is 0 Å². The number of amides is 1. The van der Waals surface area contributed by atoms with Crippen LogP contribution in [0.3, 0.4) is 0 Å². The van der Waals surface area contributed by atoms with E-state index in [0.29, 0.717) is 11.1 Å². The predicted octanol–water partition coefficient (Wildman–Crippen LogP) is 3.23. The normalized spacial score (nSPS) is 11.7.